The van der Waals surface area contributed by atoms with Crippen molar-refractivity contribution in [2.75, 3.05) is 19.4 Å². The zero-order chi connectivity index (χ0) is 16.7. The number of likely N-dealkylation sites (N-methyl/N-ethyl adjacent to an activating group) is 1. The van der Waals surface area contributed by atoms with Gasteiger partial charge in [0.1, 0.15) is 12.2 Å². The molecule has 0 unspecified atom stereocenters. The number of hydrogen-bond donors (Lipinski definition) is 4. The van der Waals surface area contributed by atoms with Crippen LogP contribution in [0.3, 0.4) is 0 Å². The molecule has 10 nitrogen and oxygen atoms in total. The fourth-order valence-corrected chi connectivity index (χ4v) is 2.66. The maximum atomic E-state index is 11.7. The van der Waals surface area contributed by atoms with Crippen LogP contribution in [-0.4, -0.2) is 68.0 Å². The molecular formula is C12H15ClN6O4. The van der Waals surface area contributed by atoms with Crippen molar-refractivity contribution in [3.05, 3.63) is 11.6 Å². The van der Waals surface area contributed by atoms with Crippen LogP contribution >= 0.6 is 11.6 Å². The van der Waals surface area contributed by atoms with Crippen molar-refractivity contribution in [1.29, 1.82) is 0 Å². The number of carbonyl (C=O) groups is 1. The van der Waals surface area contributed by atoms with Gasteiger partial charge in [0, 0.05) is 14.1 Å². The lowest BCUT2D eigenvalue weighted by atomic mass is 10.1. The summed E-state index contributed by atoms with van der Waals surface area (Å²) in [6, 6.07) is 0. The number of nitrogens with zero attached hydrogens (tertiary/aromatic N) is 4. The monoisotopic (exact) mass is 342 g/mol. The summed E-state index contributed by atoms with van der Waals surface area (Å²) in [6.07, 6.45) is -3.56. The third-order valence-corrected chi connectivity index (χ3v) is 3.82. The summed E-state index contributed by atoms with van der Waals surface area (Å²) in [4.78, 5) is 24.0. The first kappa shape index (κ1) is 15.9. The smallest absolute Gasteiger partial charge is 0.251 e. The SMILES string of the molecule is CNC(=O)[C@H]1O[C@@H](n2cnc3c(NC)nc(Cl)nc32)[C@H](O)[C@@H]1O. The average molecular weight is 343 g/mol. The lowest BCUT2D eigenvalue weighted by molar-refractivity contribution is -0.137. The van der Waals surface area contributed by atoms with E-state index in [1.54, 1.807) is 7.05 Å². The van der Waals surface area contributed by atoms with Gasteiger partial charge < -0.3 is 25.6 Å². The fraction of sp³-hybridized carbons (Fsp3) is 0.500. The van der Waals surface area contributed by atoms with Crippen molar-refractivity contribution < 1.29 is 19.7 Å². The number of amides is 1. The highest BCUT2D eigenvalue weighted by Crippen LogP contribution is 2.32. The van der Waals surface area contributed by atoms with Gasteiger partial charge in [-0.05, 0) is 11.6 Å². The van der Waals surface area contributed by atoms with Crippen molar-refractivity contribution >= 4 is 34.5 Å². The van der Waals surface area contributed by atoms with Crippen LogP contribution in [0.2, 0.25) is 5.28 Å². The number of aromatic nitrogens is 4. The van der Waals surface area contributed by atoms with Crippen LogP contribution in [-0.2, 0) is 9.53 Å². The fourth-order valence-electron chi connectivity index (χ4n) is 2.50. The van der Waals surface area contributed by atoms with Gasteiger partial charge >= 0.3 is 0 Å². The number of hydrogen-bond acceptors (Lipinski definition) is 8. The maximum Gasteiger partial charge on any atom is 0.251 e. The highest BCUT2D eigenvalue weighted by atomic mass is 35.5. The molecule has 124 valence electrons. The summed E-state index contributed by atoms with van der Waals surface area (Å²) in [5.41, 5.74) is 0.730. The second-order valence-electron chi connectivity index (χ2n) is 4.96. The predicted molar refractivity (Wildman–Crippen MR) is 79.9 cm³/mol. The van der Waals surface area contributed by atoms with Gasteiger partial charge in [-0.1, -0.05) is 0 Å². The quantitative estimate of drug-likeness (QED) is 0.516. The largest absolute Gasteiger partial charge is 0.387 e. The van der Waals surface area contributed by atoms with Crippen LogP contribution in [0, 0.1) is 0 Å². The second kappa shape index (κ2) is 5.89. The number of anilines is 1. The first-order valence-corrected chi connectivity index (χ1v) is 7.16. The number of rotatable bonds is 3. The summed E-state index contributed by atoms with van der Waals surface area (Å²) in [5, 5.41) is 25.4. The molecule has 4 atom stereocenters. The topological polar surface area (TPSA) is 134 Å². The predicted octanol–water partition coefficient (Wildman–Crippen LogP) is -1.11. The molecule has 1 aliphatic rings. The van der Waals surface area contributed by atoms with E-state index in [9.17, 15) is 15.0 Å². The van der Waals surface area contributed by atoms with E-state index in [0.717, 1.165) is 0 Å². The summed E-state index contributed by atoms with van der Waals surface area (Å²) in [6.45, 7) is 0. The Morgan fingerprint density at radius 3 is 2.74 bits per heavy atom. The summed E-state index contributed by atoms with van der Waals surface area (Å²) < 4.78 is 6.89. The molecule has 0 spiro atoms. The molecule has 4 N–H and O–H groups in total. The number of halogens is 1. The molecule has 23 heavy (non-hydrogen) atoms. The van der Waals surface area contributed by atoms with Crippen LogP contribution in [0.25, 0.3) is 11.2 Å². The first-order chi connectivity index (χ1) is 11.0. The number of ether oxygens (including phenoxy) is 1. The average Bonchev–Trinajstić information content (AvgIpc) is 3.08. The van der Waals surface area contributed by atoms with Gasteiger partial charge in [-0.2, -0.15) is 9.97 Å². The first-order valence-electron chi connectivity index (χ1n) is 6.79. The molecule has 11 heteroatoms. The number of nitrogens with one attached hydrogen (secondary N) is 2. The Hall–Kier alpha value is -2.01. The van der Waals surface area contributed by atoms with Gasteiger partial charge in [0.15, 0.2) is 29.3 Å². The summed E-state index contributed by atoms with van der Waals surface area (Å²) in [5.74, 6) is -0.123. The second-order valence-corrected chi connectivity index (χ2v) is 5.30. The molecule has 2 aromatic heterocycles. The number of carbonyl (C=O) groups excluding carboxylic acids is 1. The molecule has 1 amide bonds. The maximum absolute atomic E-state index is 11.7. The zero-order valence-corrected chi connectivity index (χ0v) is 13.0. The lowest BCUT2D eigenvalue weighted by Gasteiger charge is -2.16. The zero-order valence-electron chi connectivity index (χ0n) is 12.3. The van der Waals surface area contributed by atoms with E-state index >= 15 is 0 Å². The third kappa shape index (κ3) is 2.49. The van der Waals surface area contributed by atoms with Crippen molar-refractivity contribution in [3.63, 3.8) is 0 Å². The Morgan fingerprint density at radius 2 is 2.09 bits per heavy atom. The normalized spacial score (nSPS) is 27.3. The van der Waals surface area contributed by atoms with E-state index < -0.39 is 30.4 Å². The van der Waals surface area contributed by atoms with Gasteiger partial charge in [-0.3, -0.25) is 9.36 Å². The van der Waals surface area contributed by atoms with E-state index in [1.807, 2.05) is 0 Å². The molecule has 3 heterocycles. The minimum Gasteiger partial charge on any atom is -0.387 e. The van der Waals surface area contributed by atoms with E-state index in [-0.39, 0.29) is 5.28 Å². The minimum absolute atomic E-state index is 0.0144. The molecule has 3 rings (SSSR count). The number of aliphatic hydroxyl groups excluding tert-OH is 2. The minimum atomic E-state index is -1.38. The Bertz CT molecular complexity index is 752. The number of aliphatic hydroxyl groups is 2. The molecule has 1 aliphatic heterocycles. The van der Waals surface area contributed by atoms with E-state index in [0.29, 0.717) is 17.0 Å². The molecule has 0 aromatic carbocycles. The molecule has 0 bridgehead atoms. The molecule has 1 saturated heterocycles. The molecule has 0 saturated carbocycles. The van der Waals surface area contributed by atoms with Crippen LogP contribution in [0.5, 0.6) is 0 Å². The Morgan fingerprint density at radius 1 is 1.35 bits per heavy atom. The van der Waals surface area contributed by atoms with Crippen LogP contribution in [0.15, 0.2) is 6.33 Å². The van der Waals surface area contributed by atoms with Crippen LogP contribution < -0.4 is 10.6 Å². The standard InChI is InChI=1S/C12H15ClN6O4/c1-14-8-4-9(18-12(13)17-8)19(3-16-4)11-6(21)5(20)7(23-11)10(22)15-2/h3,5-7,11,20-21H,1-2H3,(H,15,22)(H,14,17,18)/t5-,6+,7-,11+/m0/s1. The van der Waals surface area contributed by atoms with Crippen molar-refractivity contribution in [2.45, 2.75) is 24.5 Å². The lowest BCUT2D eigenvalue weighted by Crippen LogP contribution is -2.41. The summed E-state index contributed by atoms with van der Waals surface area (Å²) in [7, 11) is 3.07. The van der Waals surface area contributed by atoms with Crippen molar-refractivity contribution in [1.82, 2.24) is 24.8 Å². The van der Waals surface area contributed by atoms with Gasteiger partial charge in [-0.25, -0.2) is 4.98 Å². The summed E-state index contributed by atoms with van der Waals surface area (Å²) >= 11 is 5.88. The Kier molecular flexibility index (Phi) is 4.06. The number of imidazole rings is 1. The Balaban J connectivity index is 2.04. The van der Waals surface area contributed by atoms with E-state index in [4.69, 9.17) is 16.3 Å². The van der Waals surface area contributed by atoms with Crippen molar-refractivity contribution in [3.8, 4) is 0 Å². The molecule has 1 fully saturated rings. The molecule has 0 radical (unpaired) electrons. The number of fused-ring (bicyclic) bond motifs is 1. The highest BCUT2D eigenvalue weighted by molar-refractivity contribution is 6.28. The van der Waals surface area contributed by atoms with E-state index in [2.05, 4.69) is 25.6 Å². The van der Waals surface area contributed by atoms with Crippen LogP contribution in [0.4, 0.5) is 5.82 Å². The van der Waals surface area contributed by atoms with Crippen LogP contribution in [0.1, 0.15) is 6.23 Å². The van der Waals surface area contributed by atoms with Crippen molar-refractivity contribution in [2.24, 2.45) is 0 Å². The van der Waals surface area contributed by atoms with Gasteiger partial charge in [0.25, 0.3) is 5.91 Å². The molecule has 2 aromatic rings. The van der Waals surface area contributed by atoms with E-state index in [1.165, 1.54) is 17.9 Å². The molecule has 0 aliphatic carbocycles. The van der Waals surface area contributed by atoms with Gasteiger partial charge in [0.05, 0.1) is 6.33 Å². The van der Waals surface area contributed by atoms with Gasteiger partial charge in [-0.15, -0.1) is 0 Å². The molecular weight excluding hydrogens is 328 g/mol. The Labute approximate surface area is 135 Å². The third-order valence-electron chi connectivity index (χ3n) is 3.65. The van der Waals surface area contributed by atoms with Gasteiger partial charge in [0.2, 0.25) is 5.28 Å². The highest BCUT2D eigenvalue weighted by Gasteiger charge is 2.47.